The minimum atomic E-state index is -0.614. The minimum Gasteiger partial charge on any atom is -0.449 e. The van der Waals surface area contributed by atoms with Crippen LogP contribution >= 0.6 is 0 Å². The van der Waals surface area contributed by atoms with Gasteiger partial charge >= 0.3 is 0 Å². The maximum Gasteiger partial charge on any atom is 0.246 e. The standard InChI is InChI=1S/C19H27N7O3/c1-19(2)28-15-5-3-4-14(17(15)29-19)11-25-8-6-13(7-9-25)10-21-16(27)12-26-18(20)22-23-24-26/h3-5,13H,6-12H2,1-2H3,(H,21,27)(H2,20,22,24). The monoisotopic (exact) mass is 401 g/mol. The molecular formula is C19H27N7O3. The Kier molecular flexibility index (Phi) is 5.27. The van der Waals surface area contributed by atoms with E-state index in [1.54, 1.807) is 0 Å². The molecular weight excluding hydrogens is 374 g/mol. The number of hydrogen-bond acceptors (Lipinski definition) is 8. The third-order valence-electron chi connectivity index (χ3n) is 5.31. The molecule has 0 atom stereocenters. The molecule has 0 radical (unpaired) electrons. The van der Waals surface area contributed by atoms with Gasteiger partial charge in [-0.05, 0) is 48.3 Å². The van der Waals surface area contributed by atoms with Crippen molar-refractivity contribution in [1.82, 2.24) is 30.4 Å². The number of carbonyl (C=O) groups is 1. The highest BCUT2D eigenvalue weighted by Crippen LogP contribution is 2.42. The predicted octanol–water partition coefficient (Wildman–Crippen LogP) is 0.791. The highest BCUT2D eigenvalue weighted by Gasteiger charge is 2.33. The molecule has 3 N–H and O–H groups in total. The van der Waals surface area contributed by atoms with Crippen LogP contribution in [0.5, 0.6) is 11.5 Å². The van der Waals surface area contributed by atoms with Crippen molar-refractivity contribution in [2.24, 2.45) is 5.92 Å². The zero-order chi connectivity index (χ0) is 20.4. The number of rotatable bonds is 6. The summed E-state index contributed by atoms with van der Waals surface area (Å²) in [7, 11) is 0. The largest absolute Gasteiger partial charge is 0.449 e. The summed E-state index contributed by atoms with van der Waals surface area (Å²) in [5.41, 5.74) is 6.73. The van der Waals surface area contributed by atoms with Crippen molar-refractivity contribution in [3.05, 3.63) is 23.8 Å². The summed E-state index contributed by atoms with van der Waals surface area (Å²) in [4.78, 5) is 14.5. The number of fused-ring (bicyclic) bond motifs is 1. The topological polar surface area (TPSA) is 120 Å². The zero-order valence-electron chi connectivity index (χ0n) is 16.8. The van der Waals surface area contributed by atoms with Crippen molar-refractivity contribution in [3.63, 3.8) is 0 Å². The second kappa shape index (κ2) is 7.86. The fourth-order valence-electron chi connectivity index (χ4n) is 3.78. The van der Waals surface area contributed by atoms with E-state index in [1.807, 2.05) is 26.0 Å². The average molecular weight is 401 g/mol. The molecule has 10 nitrogen and oxygen atoms in total. The van der Waals surface area contributed by atoms with Gasteiger partial charge in [-0.15, -0.1) is 0 Å². The molecule has 2 aromatic rings. The Bertz CT molecular complexity index is 874. The van der Waals surface area contributed by atoms with E-state index in [0.717, 1.165) is 49.5 Å². The Morgan fingerprint density at radius 3 is 2.83 bits per heavy atom. The van der Waals surface area contributed by atoms with E-state index in [1.165, 1.54) is 4.68 Å². The van der Waals surface area contributed by atoms with Crippen LogP contribution in [-0.4, -0.2) is 56.4 Å². The first-order chi connectivity index (χ1) is 13.9. The van der Waals surface area contributed by atoms with Crippen molar-refractivity contribution in [2.75, 3.05) is 25.4 Å². The first-order valence-electron chi connectivity index (χ1n) is 9.90. The summed E-state index contributed by atoms with van der Waals surface area (Å²) >= 11 is 0. The molecule has 4 rings (SSSR count). The van der Waals surface area contributed by atoms with E-state index in [4.69, 9.17) is 15.2 Å². The van der Waals surface area contributed by atoms with Gasteiger partial charge < -0.3 is 20.5 Å². The van der Waals surface area contributed by atoms with Crippen LogP contribution in [0.3, 0.4) is 0 Å². The van der Waals surface area contributed by atoms with E-state index < -0.39 is 5.79 Å². The maximum atomic E-state index is 12.1. The molecule has 0 aliphatic carbocycles. The summed E-state index contributed by atoms with van der Waals surface area (Å²) in [6.45, 7) is 7.33. The van der Waals surface area contributed by atoms with E-state index in [9.17, 15) is 4.79 Å². The SMILES string of the molecule is CC1(C)Oc2cccc(CN3CCC(CNC(=O)Cn4nnnc4N)CC3)c2O1. The van der Waals surface area contributed by atoms with Gasteiger partial charge in [0.1, 0.15) is 6.54 Å². The Morgan fingerprint density at radius 2 is 2.10 bits per heavy atom. The van der Waals surface area contributed by atoms with Gasteiger partial charge in [0.05, 0.1) is 0 Å². The molecule has 0 bridgehead atoms. The van der Waals surface area contributed by atoms with Crippen LogP contribution < -0.4 is 20.5 Å². The summed E-state index contributed by atoms with van der Waals surface area (Å²) in [6, 6.07) is 6.06. The molecule has 29 heavy (non-hydrogen) atoms. The highest BCUT2D eigenvalue weighted by molar-refractivity contribution is 5.75. The Hall–Kier alpha value is -2.88. The molecule has 1 fully saturated rings. The molecule has 0 spiro atoms. The fraction of sp³-hybridized carbons (Fsp3) is 0.579. The van der Waals surface area contributed by atoms with Gasteiger partial charge in [-0.25, -0.2) is 4.68 Å². The first kappa shape index (κ1) is 19.4. The molecule has 1 aromatic heterocycles. The molecule has 1 saturated heterocycles. The van der Waals surface area contributed by atoms with Gasteiger partial charge in [-0.3, -0.25) is 9.69 Å². The number of amides is 1. The average Bonchev–Trinajstić information content (AvgIpc) is 3.23. The van der Waals surface area contributed by atoms with Gasteiger partial charge in [0.2, 0.25) is 17.6 Å². The Morgan fingerprint density at radius 1 is 1.31 bits per heavy atom. The number of likely N-dealkylation sites (tertiary alicyclic amines) is 1. The van der Waals surface area contributed by atoms with Crippen molar-refractivity contribution in [2.45, 2.75) is 45.6 Å². The zero-order valence-corrected chi connectivity index (χ0v) is 16.8. The lowest BCUT2D eigenvalue weighted by Crippen LogP contribution is -2.39. The number of carbonyl (C=O) groups excluding carboxylic acids is 1. The van der Waals surface area contributed by atoms with Gasteiger partial charge in [0.15, 0.2) is 11.5 Å². The summed E-state index contributed by atoms with van der Waals surface area (Å²) in [6.07, 6.45) is 2.07. The predicted molar refractivity (Wildman–Crippen MR) is 105 cm³/mol. The van der Waals surface area contributed by atoms with Gasteiger partial charge in [-0.1, -0.05) is 17.2 Å². The highest BCUT2D eigenvalue weighted by atomic mass is 16.7. The Balaban J connectivity index is 1.23. The lowest BCUT2D eigenvalue weighted by Gasteiger charge is -2.32. The summed E-state index contributed by atoms with van der Waals surface area (Å²) in [5, 5.41) is 13.6. The molecule has 2 aliphatic rings. The molecule has 2 aliphatic heterocycles. The molecule has 1 amide bonds. The van der Waals surface area contributed by atoms with Crippen LogP contribution in [-0.2, 0) is 17.9 Å². The number of benzene rings is 1. The number of nitrogens with zero attached hydrogens (tertiary/aromatic N) is 5. The van der Waals surface area contributed by atoms with Gasteiger partial charge in [0, 0.05) is 32.5 Å². The number of ether oxygens (including phenoxy) is 2. The number of tetrazole rings is 1. The van der Waals surface area contributed by atoms with Crippen LogP contribution in [0.4, 0.5) is 5.95 Å². The normalized spacial score (nSPS) is 18.7. The fourth-order valence-corrected chi connectivity index (χ4v) is 3.78. The van der Waals surface area contributed by atoms with E-state index >= 15 is 0 Å². The van der Waals surface area contributed by atoms with Crippen molar-refractivity contribution in [3.8, 4) is 11.5 Å². The number of nitrogens with one attached hydrogen (secondary N) is 1. The maximum absolute atomic E-state index is 12.1. The molecule has 1 aromatic carbocycles. The van der Waals surface area contributed by atoms with Crippen LogP contribution in [0.1, 0.15) is 32.3 Å². The first-order valence-corrected chi connectivity index (χ1v) is 9.90. The Labute approximate surface area is 169 Å². The van der Waals surface area contributed by atoms with E-state index in [-0.39, 0.29) is 18.4 Å². The second-order valence-electron chi connectivity index (χ2n) is 8.07. The summed E-state index contributed by atoms with van der Waals surface area (Å²) in [5.74, 6) is 1.52. The quantitative estimate of drug-likeness (QED) is 0.729. The van der Waals surface area contributed by atoms with E-state index in [0.29, 0.717) is 12.5 Å². The number of nitrogens with two attached hydrogens (primary N) is 1. The lowest BCUT2D eigenvalue weighted by molar-refractivity contribution is -0.122. The number of piperidine rings is 1. The number of anilines is 1. The van der Waals surface area contributed by atoms with Crippen LogP contribution in [0.2, 0.25) is 0 Å². The molecule has 10 heteroatoms. The molecule has 0 unspecified atom stereocenters. The van der Waals surface area contributed by atoms with E-state index in [2.05, 4.69) is 31.8 Å². The molecule has 156 valence electrons. The molecule has 3 heterocycles. The minimum absolute atomic E-state index is 0.0369. The van der Waals surface area contributed by atoms with Crippen molar-refractivity contribution in [1.29, 1.82) is 0 Å². The van der Waals surface area contributed by atoms with Gasteiger partial charge in [-0.2, -0.15) is 0 Å². The summed E-state index contributed by atoms with van der Waals surface area (Å²) < 4.78 is 13.1. The third kappa shape index (κ3) is 4.58. The van der Waals surface area contributed by atoms with Crippen LogP contribution in [0.15, 0.2) is 18.2 Å². The van der Waals surface area contributed by atoms with Crippen LogP contribution in [0.25, 0.3) is 0 Å². The van der Waals surface area contributed by atoms with Crippen molar-refractivity contribution < 1.29 is 14.3 Å². The number of aromatic nitrogens is 4. The lowest BCUT2D eigenvalue weighted by atomic mass is 9.96. The van der Waals surface area contributed by atoms with Crippen LogP contribution in [0, 0.1) is 5.92 Å². The number of nitrogen functional groups attached to an aromatic ring is 1. The third-order valence-corrected chi connectivity index (χ3v) is 5.31. The van der Waals surface area contributed by atoms with Crippen molar-refractivity contribution >= 4 is 11.9 Å². The smallest absolute Gasteiger partial charge is 0.246 e. The number of para-hydroxylation sites is 1. The van der Waals surface area contributed by atoms with Gasteiger partial charge in [0.25, 0.3) is 0 Å². The number of hydrogen-bond donors (Lipinski definition) is 2. The second-order valence-corrected chi connectivity index (χ2v) is 8.07. The molecule has 0 saturated carbocycles.